The summed E-state index contributed by atoms with van der Waals surface area (Å²) in [5.74, 6) is 0.265. The van der Waals surface area contributed by atoms with Crippen molar-refractivity contribution in [1.82, 2.24) is 9.97 Å². The minimum atomic E-state index is -4.41. The lowest BCUT2D eigenvalue weighted by atomic mass is 10.1. The van der Waals surface area contributed by atoms with Crippen molar-refractivity contribution in [1.29, 1.82) is 0 Å². The lowest BCUT2D eigenvalue weighted by Gasteiger charge is -2.10. The summed E-state index contributed by atoms with van der Waals surface area (Å²) in [7, 11) is 1.51. The zero-order valence-corrected chi connectivity index (χ0v) is 13.2. The Morgan fingerprint density at radius 2 is 2.10 bits per heavy atom. The number of nitrogens with one attached hydrogen (secondary N) is 1. The van der Waals surface area contributed by atoms with Gasteiger partial charge in [-0.3, -0.25) is 0 Å². The highest BCUT2D eigenvalue weighted by Gasteiger charge is 2.30. The highest BCUT2D eigenvalue weighted by atomic mass is 79.9. The molecular weight excluding hydrogens is 369 g/mol. The summed E-state index contributed by atoms with van der Waals surface area (Å²) in [6.45, 7) is 0.235. The van der Waals surface area contributed by atoms with Gasteiger partial charge in [0.05, 0.1) is 22.3 Å². The second kappa shape index (κ2) is 6.25. The Morgan fingerprint density at radius 3 is 2.71 bits per heavy atom. The van der Waals surface area contributed by atoms with Crippen LogP contribution in [0.1, 0.15) is 11.3 Å². The summed E-state index contributed by atoms with van der Waals surface area (Å²) in [6, 6.07) is 4.90. The fourth-order valence-corrected chi connectivity index (χ4v) is 2.25. The Morgan fingerprint density at radius 1 is 1.38 bits per heavy atom. The first-order valence-electron chi connectivity index (χ1n) is 5.78. The van der Waals surface area contributed by atoms with Crippen LogP contribution in [0, 0.1) is 4.64 Å². The fraction of sp³-hybridized carbons (Fsp3) is 0.231. The minimum absolute atomic E-state index is 0.235. The molecule has 0 unspecified atom stereocenters. The third-order valence-corrected chi connectivity index (χ3v) is 4.10. The first-order valence-corrected chi connectivity index (χ1v) is 6.98. The average Bonchev–Trinajstić information content (AvgIpc) is 2.43. The lowest BCUT2D eigenvalue weighted by Crippen LogP contribution is -2.05. The van der Waals surface area contributed by atoms with Crippen LogP contribution in [-0.4, -0.2) is 17.1 Å². The van der Waals surface area contributed by atoms with Gasteiger partial charge in [0, 0.05) is 12.7 Å². The first-order chi connectivity index (χ1) is 9.82. The summed E-state index contributed by atoms with van der Waals surface area (Å²) in [5.41, 5.74) is 0.183. The third kappa shape index (κ3) is 3.69. The normalized spacial score (nSPS) is 11.7. The molecule has 0 fully saturated rings. The van der Waals surface area contributed by atoms with Crippen molar-refractivity contribution < 1.29 is 17.9 Å². The van der Waals surface area contributed by atoms with E-state index in [1.807, 2.05) is 0 Å². The third-order valence-electron chi connectivity index (χ3n) is 2.69. The molecule has 0 bridgehead atoms. The molecule has 0 saturated heterocycles. The zero-order valence-electron chi connectivity index (χ0n) is 10.8. The molecule has 2 rings (SSSR count). The number of aromatic amines is 1. The molecule has 1 aromatic carbocycles. The van der Waals surface area contributed by atoms with E-state index in [2.05, 4.69) is 25.9 Å². The van der Waals surface area contributed by atoms with Crippen LogP contribution in [-0.2, 0) is 17.5 Å². The van der Waals surface area contributed by atoms with Crippen LogP contribution >= 0.6 is 28.1 Å². The summed E-state index contributed by atoms with van der Waals surface area (Å²) < 4.78 is 44.1. The quantitative estimate of drug-likeness (QED) is 0.784. The number of halogens is 4. The van der Waals surface area contributed by atoms with E-state index in [4.69, 9.17) is 17.0 Å². The van der Waals surface area contributed by atoms with Crippen LogP contribution in [0.5, 0.6) is 0 Å². The minimum Gasteiger partial charge on any atom is -0.378 e. The monoisotopic (exact) mass is 378 g/mol. The van der Waals surface area contributed by atoms with Crippen LogP contribution in [0.3, 0.4) is 0 Å². The second-order valence-electron chi connectivity index (χ2n) is 4.19. The predicted octanol–water partition coefficient (Wildman–Crippen LogP) is 4.73. The maximum Gasteiger partial charge on any atom is 0.416 e. The van der Waals surface area contributed by atoms with Crippen LogP contribution in [0.15, 0.2) is 28.7 Å². The van der Waals surface area contributed by atoms with Crippen molar-refractivity contribution in [3.8, 4) is 11.4 Å². The number of hydrogen-bond donors (Lipinski definition) is 1. The fourth-order valence-electron chi connectivity index (χ4n) is 1.73. The number of nitrogens with zero attached hydrogens (tertiary/aromatic N) is 1. The zero-order chi connectivity index (χ0) is 15.6. The van der Waals surface area contributed by atoms with Gasteiger partial charge in [-0.15, -0.1) is 0 Å². The number of hydrogen-bond acceptors (Lipinski definition) is 3. The molecule has 2 aromatic rings. The highest BCUT2D eigenvalue weighted by molar-refractivity contribution is 9.10. The Hall–Kier alpha value is -1.25. The van der Waals surface area contributed by atoms with E-state index in [1.54, 1.807) is 0 Å². The molecule has 0 saturated carbocycles. The van der Waals surface area contributed by atoms with Gasteiger partial charge in [0.2, 0.25) is 0 Å². The van der Waals surface area contributed by atoms with E-state index in [0.717, 1.165) is 12.1 Å². The molecule has 0 radical (unpaired) electrons. The molecule has 1 aromatic heterocycles. The van der Waals surface area contributed by atoms with Crippen molar-refractivity contribution in [3.63, 3.8) is 0 Å². The molecule has 3 nitrogen and oxygen atoms in total. The molecule has 0 aliphatic rings. The van der Waals surface area contributed by atoms with E-state index in [1.165, 1.54) is 19.2 Å². The van der Waals surface area contributed by atoms with Gasteiger partial charge in [-0.05, 0) is 28.1 Å². The van der Waals surface area contributed by atoms with Crippen LogP contribution in [0.4, 0.5) is 13.2 Å². The number of aromatic nitrogens is 2. The van der Waals surface area contributed by atoms with E-state index in [0.29, 0.717) is 15.7 Å². The van der Waals surface area contributed by atoms with Crippen LogP contribution < -0.4 is 0 Å². The van der Waals surface area contributed by atoms with Crippen LogP contribution in [0.25, 0.3) is 11.4 Å². The lowest BCUT2D eigenvalue weighted by molar-refractivity contribution is -0.137. The molecule has 8 heteroatoms. The molecule has 0 spiro atoms. The first kappa shape index (κ1) is 16.1. The summed E-state index contributed by atoms with van der Waals surface area (Å²) in [5, 5.41) is 0. The SMILES string of the molecule is COCc1[nH]c(-c2cccc(C(F)(F)F)c2)nc(=S)c1Br. The van der Waals surface area contributed by atoms with Crippen molar-refractivity contribution in [2.75, 3.05) is 7.11 Å². The van der Waals surface area contributed by atoms with Gasteiger partial charge < -0.3 is 9.72 Å². The topological polar surface area (TPSA) is 37.9 Å². The molecule has 0 amide bonds. The van der Waals surface area contributed by atoms with E-state index >= 15 is 0 Å². The number of methoxy groups -OCH3 is 1. The maximum absolute atomic E-state index is 12.7. The van der Waals surface area contributed by atoms with Gasteiger partial charge in [0.25, 0.3) is 0 Å². The van der Waals surface area contributed by atoms with Gasteiger partial charge in [0.1, 0.15) is 10.5 Å². The number of ether oxygens (including phenoxy) is 1. The summed E-state index contributed by atoms with van der Waals surface area (Å²) in [4.78, 5) is 7.03. The van der Waals surface area contributed by atoms with Gasteiger partial charge >= 0.3 is 6.18 Å². The standard InChI is InChI=1S/C13H10BrF3N2OS/c1-20-6-9-10(14)12(21)19-11(18-9)7-3-2-4-8(5-7)13(15,16)17/h2-5H,6H2,1H3,(H,18,19,21). The molecule has 21 heavy (non-hydrogen) atoms. The highest BCUT2D eigenvalue weighted by Crippen LogP contribution is 2.31. The number of H-pyrrole nitrogens is 1. The second-order valence-corrected chi connectivity index (χ2v) is 5.37. The van der Waals surface area contributed by atoms with Crippen molar-refractivity contribution in [2.45, 2.75) is 12.8 Å². The van der Waals surface area contributed by atoms with Gasteiger partial charge in [-0.2, -0.15) is 13.2 Å². The number of alkyl halides is 3. The van der Waals surface area contributed by atoms with Crippen LogP contribution in [0.2, 0.25) is 0 Å². The van der Waals surface area contributed by atoms with Gasteiger partial charge in [-0.25, -0.2) is 4.98 Å². The Kier molecular flexibility index (Phi) is 4.80. The Bertz CT molecular complexity index is 715. The number of rotatable bonds is 3. The number of benzene rings is 1. The Balaban J connectivity index is 2.54. The molecule has 0 aliphatic carbocycles. The average molecular weight is 379 g/mol. The summed E-state index contributed by atoms with van der Waals surface area (Å²) >= 11 is 8.37. The van der Waals surface area contributed by atoms with Gasteiger partial charge in [0.15, 0.2) is 0 Å². The Labute approximate surface area is 132 Å². The molecular formula is C13H10BrF3N2OS. The molecule has 112 valence electrons. The summed E-state index contributed by atoms with van der Waals surface area (Å²) in [6.07, 6.45) is -4.41. The molecule has 0 atom stereocenters. The van der Waals surface area contributed by atoms with Crippen molar-refractivity contribution in [3.05, 3.63) is 44.6 Å². The van der Waals surface area contributed by atoms with Gasteiger partial charge in [-0.1, -0.05) is 24.4 Å². The van der Waals surface area contributed by atoms with E-state index in [9.17, 15) is 13.2 Å². The largest absolute Gasteiger partial charge is 0.416 e. The van der Waals surface area contributed by atoms with Crippen molar-refractivity contribution >= 4 is 28.1 Å². The maximum atomic E-state index is 12.7. The molecule has 1 N–H and O–H groups in total. The predicted molar refractivity (Wildman–Crippen MR) is 78.3 cm³/mol. The molecule has 0 aliphatic heterocycles. The smallest absolute Gasteiger partial charge is 0.378 e. The van der Waals surface area contributed by atoms with Crippen molar-refractivity contribution in [2.24, 2.45) is 0 Å². The molecule has 1 heterocycles. The van der Waals surface area contributed by atoms with E-state index in [-0.39, 0.29) is 17.1 Å². The van der Waals surface area contributed by atoms with E-state index < -0.39 is 11.7 Å².